The molecule has 0 aliphatic rings. The normalized spacial score (nSPS) is 11.2. The van der Waals surface area contributed by atoms with Gasteiger partial charge < -0.3 is 9.80 Å². The Morgan fingerprint density at radius 2 is 0.857 bits per heavy atom. The molecule has 28 heavy (non-hydrogen) atoms. The fourth-order valence-electron chi connectivity index (χ4n) is 4.14. The van der Waals surface area contributed by atoms with Crippen LogP contribution in [0.1, 0.15) is 49.9 Å². The first-order valence-corrected chi connectivity index (χ1v) is 11.9. The highest BCUT2D eigenvalue weighted by molar-refractivity contribution is 7.94. The lowest BCUT2D eigenvalue weighted by Crippen LogP contribution is -2.21. The predicted molar refractivity (Wildman–Crippen MR) is 131 cm³/mol. The average Bonchev–Trinajstić information content (AvgIpc) is 2.70. The third kappa shape index (κ3) is 4.57. The van der Waals surface area contributed by atoms with Crippen molar-refractivity contribution in [3.8, 4) is 0 Å². The van der Waals surface area contributed by atoms with Gasteiger partial charge in [0.05, 0.1) is 0 Å². The summed E-state index contributed by atoms with van der Waals surface area (Å²) in [5.74, 6) is 0. The number of benzene rings is 2. The predicted octanol–water partition coefficient (Wildman–Crippen LogP) is 4.58. The molecule has 0 N–H and O–H groups in total. The average molecular weight is 394 g/mol. The summed E-state index contributed by atoms with van der Waals surface area (Å²) >= 11 is 0. The number of anilines is 2. The molecule has 2 nitrogen and oxygen atoms in total. The minimum Gasteiger partial charge on any atom is -0.377 e. The Balaban J connectivity index is 2.61. The van der Waals surface area contributed by atoms with Crippen LogP contribution in [0.5, 0.6) is 0 Å². The highest BCUT2D eigenvalue weighted by Crippen LogP contribution is 2.35. The molecule has 2 rings (SSSR count). The van der Waals surface area contributed by atoms with Crippen LogP contribution in [0.25, 0.3) is 0 Å². The fraction of sp³-hybridized carbons (Fsp3) is 0.500. The van der Waals surface area contributed by atoms with Gasteiger partial charge in [0.1, 0.15) is 7.57 Å². The Kier molecular flexibility index (Phi) is 8.02. The second-order valence-electron chi connectivity index (χ2n) is 7.80. The summed E-state index contributed by atoms with van der Waals surface area (Å²) in [7, 11) is 14.6. The van der Waals surface area contributed by atoms with Crippen molar-refractivity contribution < 1.29 is 0 Å². The third-order valence-electron chi connectivity index (χ3n) is 5.48. The van der Waals surface area contributed by atoms with Crippen LogP contribution in [0.2, 0.25) is 0 Å². The maximum atomic E-state index is 6.90. The molecule has 0 atom stereocenters. The van der Waals surface area contributed by atoms with Gasteiger partial charge in [-0.3, -0.25) is 0 Å². The summed E-state index contributed by atoms with van der Waals surface area (Å²) in [6.45, 7) is 8.95. The van der Waals surface area contributed by atoms with E-state index in [2.05, 4.69) is 90.0 Å². The van der Waals surface area contributed by atoms with E-state index in [-0.39, 0.29) is 0 Å². The molecule has 0 saturated carbocycles. The maximum absolute atomic E-state index is 6.90. The van der Waals surface area contributed by atoms with Crippen LogP contribution in [0.15, 0.2) is 24.3 Å². The lowest BCUT2D eigenvalue weighted by molar-refractivity contribution is 1.02. The third-order valence-corrected chi connectivity index (χ3v) is 7.11. The van der Waals surface area contributed by atoms with E-state index in [1.165, 1.54) is 44.2 Å². The van der Waals surface area contributed by atoms with Crippen molar-refractivity contribution in [3.05, 3.63) is 46.5 Å². The Bertz CT molecular complexity index is 697. The summed E-state index contributed by atoms with van der Waals surface area (Å²) in [5, 5.41) is 2.58. The van der Waals surface area contributed by atoms with Gasteiger partial charge in [0.2, 0.25) is 0 Å². The molecule has 0 saturated heterocycles. The monoisotopic (exact) mass is 394 g/mol. The lowest BCUT2D eigenvalue weighted by atomic mass is 10.0. The van der Waals surface area contributed by atoms with Crippen LogP contribution < -0.4 is 20.4 Å². The van der Waals surface area contributed by atoms with Gasteiger partial charge in [0, 0.05) is 39.6 Å². The number of aryl methyl sites for hydroxylation is 4. The summed E-state index contributed by atoms with van der Waals surface area (Å²) in [5.41, 5.74) is 8.32. The second kappa shape index (κ2) is 9.83. The Morgan fingerprint density at radius 1 is 0.607 bits per heavy atom. The SMILES string of the molecule is [B]P(c1cc(CC)c(N(C)C)c(CC)c1)c1cc(CC)c(N(C)C)c(CC)c1. The van der Waals surface area contributed by atoms with E-state index in [9.17, 15) is 0 Å². The topological polar surface area (TPSA) is 6.48 Å². The van der Waals surface area contributed by atoms with E-state index in [1.54, 1.807) is 0 Å². The van der Waals surface area contributed by atoms with E-state index >= 15 is 0 Å². The van der Waals surface area contributed by atoms with Crippen LogP contribution in [0.3, 0.4) is 0 Å². The zero-order chi connectivity index (χ0) is 21.0. The number of hydrogen-bond donors (Lipinski definition) is 0. The molecule has 0 spiro atoms. The zero-order valence-electron chi connectivity index (χ0n) is 19.1. The number of hydrogen-bond acceptors (Lipinski definition) is 2. The van der Waals surface area contributed by atoms with Gasteiger partial charge in [-0.1, -0.05) is 35.5 Å². The van der Waals surface area contributed by atoms with Crippen LogP contribution >= 0.6 is 7.80 Å². The van der Waals surface area contributed by atoms with Gasteiger partial charge in [-0.15, -0.1) is 0 Å². The highest BCUT2D eigenvalue weighted by atomic mass is 31.1. The molecule has 150 valence electrons. The van der Waals surface area contributed by atoms with E-state index < -0.39 is 7.80 Å². The number of nitrogens with zero attached hydrogens (tertiary/aromatic N) is 2. The Labute approximate surface area is 175 Å². The molecular formula is C24H36BN2P. The van der Waals surface area contributed by atoms with Gasteiger partial charge in [-0.25, -0.2) is 0 Å². The molecule has 2 aromatic rings. The Hall–Kier alpha value is -1.47. The van der Waals surface area contributed by atoms with Crippen molar-refractivity contribution in [2.75, 3.05) is 38.0 Å². The second-order valence-corrected chi connectivity index (χ2v) is 9.57. The van der Waals surface area contributed by atoms with Crippen LogP contribution in [0.4, 0.5) is 11.4 Å². The molecule has 0 aromatic heterocycles. The standard InChI is InChI=1S/C24H36BN2P/c1-9-17-13-21(14-18(10-2)23(17)26(5)6)28(25)22-15-19(11-3)24(27(7)8)20(12-4)16-22/h13-16H,9-12H2,1-8H3. The summed E-state index contributed by atoms with van der Waals surface area (Å²) in [6, 6.07) is 9.38. The van der Waals surface area contributed by atoms with Gasteiger partial charge in [0.15, 0.2) is 0 Å². The number of rotatable bonds is 8. The van der Waals surface area contributed by atoms with Crippen molar-refractivity contribution >= 4 is 37.3 Å². The van der Waals surface area contributed by atoms with E-state index in [1.807, 2.05) is 0 Å². The first-order chi connectivity index (χ1) is 13.3. The summed E-state index contributed by atoms with van der Waals surface area (Å²) < 4.78 is 0. The smallest absolute Gasteiger partial charge is 0.121 e. The molecular weight excluding hydrogens is 358 g/mol. The molecule has 0 fully saturated rings. The lowest BCUT2D eigenvalue weighted by Gasteiger charge is -2.26. The molecule has 0 aliphatic carbocycles. The molecule has 4 heteroatoms. The largest absolute Gasteiger partial charge is 0.377 e. The highest BCUT2D eigenvalue weighted by Gasteiger charge is 2.18. The molecule has 0 unspecified atom stereocenters. The summed E-state index contributed by atoms with van der Waals surface area (Å²) in [6.07, 6.45) is 4.10. The molecule has 0 heterocycles. The van der Waals surface area contributed by atoms with Crippen LogP contribution in [-0.4, -0.2) is 35.8 Å². The molecule has 0 aliphatic heterocycles. The molecule has 0 amide bonds. The van der Waals surface area contributed by atoms with Crippen molar-refractivity contribution in [3.63, 3.8) is 0 Å². The fourth-order valence-corrected chi connectivity index (χ4v) is 5.62. The first-order valence-electron chi connectivity index (χ1n) is 10.5. The van der Waals surface area contributed by atoms with Gasteiger partial charge in [0.25, 0.3) is 0 Å². The zero-order valence-corrected chi connectivity index (χ0v) is 20.0. The van der Waals surface area contributed by atoms with E-state index in [0.29, 0.717) is 0 Å². The van der Waals surface area contributed by atoms with Crippen LogP contribution in [-0.2, 0) is 25.7 Å². The maximum Gasteiger partial charge on any atom is 0.121 e. The van der Waals surface area contributed by atoms with Gasteiger partial charge >= 0.3 is 0 Å². The van der Waals surface area contributed by atoms with Gasteiger partial charge in [-0.05, 0) is 82.8 Å². The quantitative estimate of drug-likeness (QED) is 0.478. The summed E-state index contributed by atoms with van der Waals surface area (Å²) in [4.78, 5) is 4.49. The molecule has 2 aromatic carbocycles. The van der Waals surface area contributed by atoms with Crippen molar-refractivity contribution in [1.82, 2.24) is 0 Å². The first kappa shape index (κ1) is 22.8. The minimum atomic E-state index is -0.859. The van der Waals surface area contributed by atoms with Crippen molar-refractivity contribution in [1.29, 1.82) is 0 Å². The molecule has 2 radical (unpaired) electrons. The van der Waals surface area contributed by atoms with Crippen LogP contribution in [0, 0.1) is 0 Å². The van der Waals surface area contributed by atoms with E-state index in [4.69, 9.17) is 7.57 Å². The Morgan fingerprint density at radius 3 is 1.04 bits per heavy atom. The van der Waals surface area contributed by atoms with Gasteiger partial charge in [-0.2, -0.15) is 0 Å². The van der Waals surface area contributed by atoms with Crippen molar-refractivity contribution in [2.45, 2.75) is 53.4 Å². The minimum absolute atomic E-state index is 0.859. The van der Waals surface area contributed by atoms with E-state index in [0.717, 1.165) is 25.7 Å². The molecule has 0 bridgehead atoms. The van der Waals surface area contributed by atoms with Crippen molar-refractivity contribution in [2.24, 2.45) is 0 Å².